The summed E-state index contributed by atoms with van der Waals surface area (Å²) in [6, 6.07) is 3.41. The van der Waals surface area contributed by atoms with Crippen molar-refractivity contribution in [1.29, 1.82) is 0 Å². The third kappa shape index (κ3) is 6.20. The van der Waals surface area contributed by atoms with E-state index in [2.05, 4.69) is 25.3 Å². The number of nitrogens with zero attached hydrogens (tertiary/aromatic N) is 5. The highest BCUT2D eigenvalue weighted by molar-refractivity contribution is 6.04. The maximum Gasteiger partial charge on any atom is 0.422 e. The van der Waals surface area contributed by atoms with Crippen molar-refractivity contribution in [3.63, 3.8) is 0 Å². The van der Waals surface area contributed by atoms with E-state index in [1.54, 1.807) is 29.9 Å². The molecule has 12 heteroatoms. The molecule has 0 radical (unpaired) electrons. The van der Waals surface area contributed by atoms with Gasteiger partial charge >= 0.3 is 6.18 Å². The third-order valence-corrected chi connectivity index (χ3v) is 5.32. The highest BCUT2D eigenvalue weighted by Crippen LogP contribution is 2.21. The fraction of sp³-hybridized carbons (Fsp3) is 0.455. The van der Waals surface area contributed by atoms with Crippen LogP contribution in [-0.2, 0) is 11.3 Å². The van der Waals surface area contributed by atoms with Crippen molar-refractivity contribution in [2.24, 2.45) is 0 Å². The minimum atomic E-state index is -4.43. The van der Waals surface area contributed by atoms with Gasteiger partial charge in [-0.1, -0.05) is 0 Å². The molecule has 1 aliphatic heterocycles. The molecule has 3 aromatic heterocycles. The van der Waals surface area contributed by atoms with E-state index in [1.165, 1.54) is 12.4 Å². The molecule has 0 atom stereocenters. The fourth-order valence-corrected chi connectivity index (χ4v) is 3.69. The lowest BCUT2D eigenvalue weighted by Gasteiger charge is -2.26. The summed E-state index contributed by atoms with van der Waals surface area (Å²) in [5.74, 6) is -0.339. The molecular weight excluding hydrogens is 453 g/mol. The Labute approximate surface area is 193 Å². The van der Waals surface area contributed by atoms with Crippen LogP contribution in [0.2, 0.25) is 0 Å². The summed E-state index contributed by atoms with van der Waals surface area (Å²) >= 11 is 0. The Morgan fingerprint density at radius 3 is 2.79 bits per heavy atom. The van der Waals surface area contributed by atoms with Gasteiger partial charge < -0.3 is 14.8 Å². The minimum Gasteiger partial charge on any atom is -0.468 e. The molecule has 1 fully saturated rings. The van der Waals surface area contributed by atoms with Crippen LogP contribution in [0, 0.1) is 6.92 Å². The Bertz CT molecular complexity index is 1140. The number of morpholine rings is 1. The van der Waals surface area contributed by atoms with Crippen molar-refractivity contribution in [2.75, 3.05) is 46.0 Å². The van der Waals surface area contributed by atoms with Gasteiger partial charge in [-0.15, -0.1) is 0 Å². The van der Waals surface area contributed by atoms with Gasteiger partial charge in [0.1, 0.15) is 5.69 Å². The first-order chi connectivity index (χ1) is 16.3. The summed E-state index contributed by atoms with van der Waals surface area (Å²) in [5, 5.41) is 8.01. The van der Waals surface area contributed by atoms with Gasteiger partial charge in [0, 0.05) is 50.3 Å². The Kier molecular flexibility index (Phi) is 7.27. The molecule has 4 rings (SSSR count). The first-order valence-electron chi connectivity index (χ1n) is 10.8. The Balaban J connectivity index is 1.41. The van der Waals surface area contributed by atoms with E-state index in [9.17, 15) is 18.0 Å². The summed E-state index contributed by atoms with van der Waals surface area (Å²) in [6.45, 7) is 4.89. The predicted octanol–water partition coefficient (Wildman–Crippen LogP) is 2.19. The smallest absolute Gasteiger partial charge is 0.422 e. The van der Waals surface area contributed by atoms with Crippen LogP contribution in [-0.4, -0.2) is 82.7 Å². The molecule has 0 aliphatic carbocycles. The number of ether oxygens (including phenoxy) is 2. The second-order valence-corrected chi connectivity index (χ2v) is 8.00. The van der Waals surface area contributed by atoms with E-state index in [-0.39, 0.29) is 17.5 Å². The van der Waals surface area contributed by atoms with Gasteiger partial charge in [0.2, 0.25) is 5.88 Å². The van der Waals surface area contributed by atoms with Crippen molar-refractivity contribution >= 4 is 16.8 Å². The lowest BCUT2D eigenvalue weighted by atomic mass is 10.2. The van der Waals surface area contributed by atoms with Crippen LogP contribution in [0.15, 0.2) is 30.7 Å². The summed E-state index contributed by atoms with van der Waals surface area (Å²) in [7, 11) is 0. The van der Waals surface area contributed by atoms with Crippen molar-refractivity contribution in [1.82, 2.24) is 30.0 Å². The zero-order chi connectivity index (χ0) is 24.1. The van der Waals surface area contributed by atoms with Crippen LogP contribution in [0.5, 0.6) is 5.88 Å². The maximum absolute atomic E-state index is 12.7. The molecule has 0 unspecified atom stereocenters. The van der Waals surface area contributed by atoms with E-state index < -0.39 is 12.8 Å². The van der Waals surface area contributed by atoms with Crippen LogP contribution in [0.3, 0.4) is 0 Å². The van der Waals surface area contributed by atoms with Gasteiger partial charge in [0.25, 0.3) is 5.91 Å². The molecular formula is C22H25F3N6O3. The molecule has 1 amide bonds. The first kappa shape index (κ1) is 23.9. The normalized spacial score (nSPS) is 14.9. The zero-order valence-corrected chi connectivity index (χ0v) is 18.6. The number of aryl methyl sites for hydroxylation is 1. The SMILES string of the molecule is Cc1cc(Cn2cc3c(C(=O)NCCN4CCOCC4)nccc3n2)cnc1OCC(F)(F)F. The molecule has 1 N–H and O–H groups in total. The number of hydrogen-bond acceptors (Lipinski definition) is 7. The van der Waals surface area contributed by atoms with E-state index in [0.717, 1.165) is 25.2 Å². The number of fused-ring (bicyclic) bond motifs is 1. The van der Waals surface area contributed by atoms with Gasteiger partial charge in [0.15, 0.2) is 6.61 Å². The largest absolute Gasteiger partial charge is 0.468 e. The van der Waals surface area contributed by atoms with Crippen molar-refractivity contribution < 1.29 is 27.4 Å². The second-order valence-electron chi connectivity index (χ2n) is 8.00. The van der Waals surface area contributed by atoms with E-state index in [0.29, 0.717) is 42.8 Å². The van der Waals surface area contributed by atoms with Gasteiger partial charge in [-0.2, -0.15) is 18.3 Å². The number of carbonyl (C=O) groups excluding carboxylic acids is 1. The van der Waals surface area contributed by atoms with Gasteiger partial charge in [0.05, 0.1) is 30.7 Å². The average Bonchev–Trinajstić information content (AvgIpc) is 3.21. The number of amides is 1. The number of carbonyl (C=O) groups is 1. The van der Waals surface area contributed by atoms with Gasteiger partial charge in [-0.25, -0.2) is 4.98 Å². The molecule has 0 spiro atoms. The molecule has 9 nitrogen and oxygen atoms in total. The van der Waals surface area contributed by atoms with Crippen LogP contribution in [0.4, 0.5) is 13.2 Å². The summed E-state index contributed by atoms with van der Waals surface area (Å²) in [5.41, 5.74) is 2.12. The third-order valence-electron chi connectivity index (χ3n) is 5.32. The molecule has 3 aromatic rings. The molecule has 34 heavy (non-hydrogen) atoms. The van der Waals surface area contributed by atoms with Crippen LogP contribution in [0.1, 0.15) is 21.6 Å². The number of halogens is 3. The van der Waals surface area contributed by atoms with E-state index in [4.69, 9.17) is 9.47 Å². The molecule has 0 bridgehead atoms. The Hall–Kier alpha value is -3.25. The van der Waals surface area contributed by atoms with Crippen LogP contribution >= 0.6 is 0 Å². The maximum atomic E-state index is 12.7. The minimum absolute atomic E-state index is 0.0630. The van der Waals surface area contributed by atoms with Crippen molar-refractivity contribution in [2.45, 2.75) is 19.6 Å². The number of alkyl halides is 3. The lowest BCUT2D eigenvalue weighted by Crippen LogP contribution is -2.41. The first-order valence-corrected chi connectivity index (χ1v) is 10.8. The topological polar surface area (TPSA) is 94.4 Å². The van der Waals surface area contributed by atoms with Crippen LogP contribution < -0.4 is 10.1 Å². The Morgan fingerprint density at radius 2 is 2.06 bits per heavy atom. The highest BCUT2D eigenvalue weighted by Gasteiger charge is 2.29. The fourth-order valence-electron chi connectivity index (χ4n) is 3.69. The molecule has 1 aliphatic rings. The summed E-state index contributed by atoms with van der Waals surface area (Å²) in [6.07, 6.45) is 0.280. The zero-order valence-electron chi connectivity index (χ0n) is 18.6. The quantitative estimate of drug-likeness (QED) is 0.530. The number of pyridine rings is 2. The summed E-state index contributed by atoms with van der Waals surface area (Å²) in [4.78, 5) is 23.2. The van der Waals surface area contributed by atoms with Crippen LogP contribution in [0.25, 0.3) is 10.9 Å². The van der Waals surface area contributed by atoms with Gasteiger partial charge in [-0.3, -0.25) is 19.4 Å². The molecule has 182 valence electrons. The summed E-state index contributed by atoms with van der Waals surface area (Å²) < 4.78 is 48.9. The number of rotatable bonds is 8. The van der Waals surface area contributed by atoms with Gasteiger partial charge in [-0.05, 0) is 24.6 Å². The number of aromatic nitrogens is 4. The highest BCUT2D eigenvalue weighted by atomic mass is 19.4. The molecule has 4 heterocycles. The monoisotopic (exact) mass is 478 g/mol. The number of hydrogen-bond donors (Lipinski definition) is 1. The lowest BCUT2D eigenvalue weighted by molar-refractivity contribution is -0.154. The molecule has 1 saturated heterocycles. The Morgan fingerprint density at radius 1 is 1.26 bits per heavy atom. The van der Waals surface area contributed by atoms with Crippen molar-refractivity contribution in [3.05, 3.63) is 47.5 Å². The standard InChI is InChI=1S/C22H25F3N6O3/c1-15-10-16(11-28-21(15)34-14-22(23,24)25)12-31-13-17-18(29-31)2-3-26-19(17)20(32)27-4-5-30-6-8-33-9-7-30/h2-3,10-11,13H,4-9,12,14H2,1H3,(H,27,32). The molecule has 0 aromatic carbocycles. The number of nitrogens with one attached hydrogen (secondary N) is 1. The molecule has 0 saturated carbocycles. The second kappa shape index (κ2) is 10.3. The van der Waals surface area contributed by atoms with Crippen molar-refractivity contribution in [3.8, 4) is 5.88 Å². The van der Waals surface area contributed by atoms with E-state index in [1.807, 2.05) is 0 Å². The van der Waals surface area contributed by atoms with E-state index >= 15 is 0 Å². The average molecular weight is 478 g/mol. The predicted molar refractivity (Wildman–Crippen MR) is 117 cm³/mol.